The molecular formula is C21H14F10I2O4. The second-order valence-electron chi connectivity index (χ2n) is 7.60. The molecule has 0 aliphatic heterocycles. The molecule has 0 saturated carbocycles. The minimum Gasteiger partial charge on any atom is -0.461 e. The van der Waals surface area contributed by atoms with Gasteiger partial charge in [-0.15, -0.1) is 0 Å². The van der Waals surface area contributed by atoms with Crippen molar-refractivity contribution in [3.05, 3.63) is 47.5 Å². The summed E-state index contributed by atoms with van der Waals surface area (Å²) in [6.07, 6.45) is -14.9. The first-order valence-electron chi connectivity index (χ1n) is 9.83. The zero-order valence-electron chi connectivity index (χ0n) is 17.9. The number of alkyl halides is 12. The van der Waals surface area contributed by atoms with Crippen LogP contribution in [0.2, 0.25) is 0 Å². The maximum absolute atomic E-state index is 13.1. The fourth-order valence-corrected chi connectivity index (χ4v) is 4.26. The van der Waals surface area contributed by atoms with E-state index in [4.69, 9.17) is 4.74 Å². The molecule has 16 heteroatoms. The lowest BCUT2D eigenvalue weighted by atomic mass is 10.0. The van der Waals surface area contributed by atoms with Crippen molar-refractivity contribution in [2.24, 2.45) is 0 Å². The number of rotatable bonds is 9. The molecular weight excluding hydrogens is 760 g/mol. The smallest absolute Gasteiger partial charge is 0.453 e. The van der Waals surface area contributed by atoms with Crippen molar-refractivity contribution in [2.45, 2.75) is 45.1 Å². The van der Waals surface area contributed by atoms with Crippen molar-refractivity contribution in [2.75, 3.05) is 6.61 Å². The zero-order valence-corrected chi connectivity index (χ0v) is 22.2. The molecule has 0 fully saturated rings. The number of carbonyl (C=O) groups is 2. The van der Waals surface area contributed by atoms with Crippen LogP contribution in [0, 0.1) is 0 Å². The van der Waals surface area contributed by atoms with Crippen LogP contribution >= 0.6 is 45.2 Å². The first-order valence-corrected chi connectivity index (χ1v) is 12.3. The van der Waals surface area contributed by atoms with E-state index in [1.807, 2.05) is 0 Å². The normalized spacial score (nSPS) is 14.8. The molecule has 0 bridgehead atoms. The van der Waals surface area contributed by atoms with Gasteiger partial charge in [0.15, 0.2) is 4.11 Å². The maximum Gasteiger partial charge on any atom is 0.453 e. The van der Waals surface area contributed by atoms with Crippen LogP contribution in [-0.4, -0.2) is 50.8 Å². The second-order valence-corrected chi connectivity index (χ2v) is 10.8. The third-order valence-corrected chi connectivity index (χ3v) is 6.16. The largest absolute Gasteiger partial charge is 0.461 e. The van der Waals surface area contributed by atoms with Gasteiger partial charge in [0.25, 0.3) is 0 Å². The van der Waals surface area contributed by atoms with Crippen LogP contribution in [0.5, 0.6) is 0 Å². The van der Waals surface area contributed by atoms with Crippen LogP contribution in [-0.2, 0) is 9.47 Å². The minimum absolute atomic E-state index is 0.0873. The monoisotopic (exact) mass is 774 g/mol. The van der Waals surface area contributed by atoms with Gasteiger partial charge in [-0.2, -0.15) is 43.9 Å². The molecule has 2 rings (SSSR count). The Kier molecular flexibility index (Phi) is 9.95. The Morgan fingerprint density at radius 2 is 1.14 bits per heavy atom. The summed E-state index contributed by atoms with van der Waals surface area (Å²) >= 11 is 2.43. The first kappa shape index (κ1) is 31.6. The molecule has 0 aliphatic carbocycles. The molecule has 2 aromatic rings. The third-order valence-electron chi connectivity index (χ3n) is 4.67. The average molecular weight is 774 g/mol. The predicted octanol–water partition coefficient (Wildman–Crippen LogP) is 7.89. The van der Waals surface area contributed by atoms with Crippen LogP contribution in [0.3, 0.4) is 0 Å². The number of fused-ring (bicyclic) bond motifs is 1. The molecule has 0 radical (unpaired) electrons. The van der Waals surface area contributed by atoms with E-state index in [0.717, 1.165) is 28.7 Å². The summed E-state index contributed by atoms with van der Waals surface area (Å²) in [5, 5.41) is 0.670. The summed E-state index contributed by atoms with van der Waals surface area (Å²) in [6.45, 7) is -0.723. The van der Waals surface area contributed by atoms with Crippen molar-refractivity contribution in [1.82, 2.24) is 0 Å². The third kappa shape index (κ3) is 8.44. The van der Waals surface area contributed by atoms with Gasteiger partial charge >= 0.3 is 36.1 Å². The number of hydrogen-bond acceptors (Lipinski definition) is 4. The average Bonchev–Trinajstić information content (AvgIpc) is 2.74. The van der Waals surface area contributed by atoms with Crippen molar-refractivity contribution < 1.29 is 63.0 Å². The van der Waals surface area contributed by atoms with E-state index < -0.39 is 63.6 Å². The summed E-state index contributed by atoms with van der Waals surface area (Å²) < 4.78 is 133. The summed E-state index contributed by atoms with van der Waals surface area (Å²) in [7, 11) is 0. The van der Waals surface area contributed by atoms with Crippen molar-refractivity contribution in [3.8, 4) is 0 Å². The highest BCUT2D eigenvalue weighted by Crippen LogP contribution is 2.41. The fourth-order valence-electron chi connectivity index (χ4n) is 2.75. The molecule has 4 nitrogen and oxygen atoms in total. The Morgan fingerprint density at radius 3 is 1.59 bits per heavy atom. The molecule has 37 heavy (non-hydrogen) atoms. The van der Waals surface area contributed by atoms with Crippen LogP contribution < -0.4 is 0 Å². The van der Waals surface area contributed by atoms with Crippen LogP contribution in [0.4, 0.5) is 43.9 Å². The molecule has 2 atom stereocenters. The topological polar surface area (TPSA) is 52.6 Å². The summed E-state index contributed by atoms with van der Waals surface area (Å²) in [5.74, 6) is -12.2. The van der Waals surface area contributed by atoms with Gasteiger partial charge in [0.2, 0.25) is 0 Å². The van der Waals surface area contributed by atoms with Crippen LogP contribution in [0.25, 0.3) is 10.8 Å². The van der Waals surface area contributed by atoms with E-state index in [1.54, 1.807) is 0 Å². The van der Waals surface area contributed by atoms with E-state index >= 15 is 0 Å². The molecule has 0 unspecified atom stereocenters. The molecule has 0 amide bonds. The summed E-state index contributed by atoms with van der Waals surface area (Å²) in [6, 6.07) is 7.48. The Morgan fingerprint density at radius 1 is 0.703 bits per heavy atom. The Bertz CT molecular complexity index is 1130. The van der Waals surface area contributed by atoms with Gasteiger partial charge in [0.05, 0.1) is 21.5 Å². The number of benzene rings is 2. The Balaban J connectivity index is 2.03. The molecule has 0 aliphatic rings. The lowest BCUT2D eigenvalue weighted by molar-refractivity contribution is -0.286. The van der Waals surface area contributed by atoms with Gasteiger partial charge < -0.3 is 9.47 Å². The maximum atomic E-state index is 13.1. The molecule has 206 valence electrons. The van der Waals surface area contributed by atoms with Gasteiger partial charge in [-0.25, -0.2) is 9.59 Å². The number of halogens is 12. The first-order chi connectivity index (χ1) is 16.7. The number of carbonyl (C=O) groups excluding carboxylic acids is 2. The molecule has 0 heterocycles. The molecule has 0 aromatic heterocycles. The van der Waals surface area contributed by atoms with Crippen molar-refractivity contribution in [1.29, 1.82) is 0 Å². The van der Waals surface area contributed by atoms with E-state index in [9.17, 15) is 53.5 Å². The van der Waals surface area contributed by atoms with Crippen LogP contribution in [0.15, 0.2) is 36.4 Å². The molecule has 2 aromatic carbocycles. The fraction of sp³-hybridized carbons (Fsp3) is 0.429. The van der Waals surface area contributed by atoms with E-state index in [2.05, 4.69) is 4.74 Å². The minimum atomic E-state index is -5.81. The van der Waals surface area contributed by atoms with Crippen molar-refractivity contribution >= 4 is 67.9 Å². The number of esters is 2. The van der Waals surface area contributed by atoms with Crippen LogP contribution in [0.1, 0.15) is 33.6 Å². The van der Waals surface area contributed by atoms with Gasteiger partial charge in [0.1, 0.15) is 6.61 Å². The highest BCUT2D eigenvalue weighted by Gasteiger charge is 2.59. The van der Waals surface area contributed by atoms with E-state index in [0.29, 0.717) is 10.8 Å². The van der Waals surface area contributed by atoms with Gasteiger partial charge in [-0.05, 0) is 57.6 Å². The zero-order chi connectivity index (χ0) is 28.4. The quantitative estimate of drug-likeness (QED) is 0.113. The van der Waals surface area contributed by atoms with Gasteiger partial charge in [0, 0.05) is 6.42 Å². The Labute approximate surface area is 229 Å². The highest BCUT2D eigenvalue weighted by molar-refractivity contribution is 14.1. The summed E-state index contributed by atoms with van der Waals surface area (Å²) in [4.78, 5) is 24.4. The van der Waals surface area contributed by atoms with E-state index in [1.165, 1.54) is 52.9 Å². The lowest BCUT2D eigenvalue weighted by Crippen LogP contribution is -2.39. The SMILES string of the molecule is O=C(OC[C@@H](I)CC(F)(F)C(F)(F)F)c1ccc2cc(C(=O)O[C@H](I)CC(F)(F)C(F)(F)F)ccc2c1. The molecule has 0 spiro atoms. The van der Waals surface area contributed by atoms with E-state index in [-0.39, 0.29) is 11.1 Å². The Hall–Kier alpha value is -1.60. The number of ether oxygens (including phenoxy) is 2. The standard InChI is InChI=1S/C21H14F10I2O4/c22-18(23,20(26,27)28)7-14(32)9-36-16(34)12-3-1-11-6-13(4-2-10(11)5-12)17(35)37-15(33)8-19(24,25)21(29,30)31/h1-6,14-15H,7-9H2/t14-,15-/m0/s1. The van der Waals surface area contributed by atoms with Gasteiger partial charge in [-0.1, -0.05) is 34.7 Å². The summed E-state index contributed by atoms with van der Waals surface area (Å²) in [5.41, 5.74) is -0.270. The van der Waals surface area contributed by atoms with Gasteiger partial charge in [-0.3, -0.25) is 0 Å². The lowest BCUT2D eigenvalue weighted by Gasteiger charge is -2.22. The molecule has 0 saturated heterocycles. The predicted molar refractivity (Wildman–Crippen MR) is 126 cm³/mol. The molecule has 0 N–H and O–H groups in total. The second kappa shape index (κ2) is 11.6. The van der Waals surface area contributed by atoms with Crippen molar-refractivity contribution in [3.63, 3.8) is 0 Å². The highest BCUT2D eigenvalue weighted by atomic mass is 127. The number of hydrogen-bond donors (Lipinski definition) is 0.